The lowest BCUT2D eigenvalue weighted by atomic mass is 10.2. The predicted octanol–water partition coefficient (Wildman–Crippen LogP) is 2.28. The largest absolute Gasteiger partial charge is 0.544 e. The zero-order chi connectivity index (χ0) is 15.4. The lowest BCUT2D eigenvalue weighted by Gasteiger charge is -2.11. The van der Waals surface area contributed by atoms with Gasteiger partial charge in [-0.2, -0.15) is 0 Å². The van der Waals surface area contributed by atoms with Crippen molar-refractivity contribution < 1.29 is 19.4 Å². The van der Waals surface area contributed by atoms with Crippen LogP contribution in [0.25, 0.3) is 10.6 Å². The first-order valence-electron chi connectivity index (χ1n) is 6.65. The van der Waals surface area contributed by atoms with E-state index in [4.69, 9.17) is 9.47 Å². The Hall–Kier alpha value is -2.08. The van der Waals surface area contributed by atoms with E-state index in [1.807, 2.05) is 26.0 Å². The van der Waals surface area contributed by atoms with Crippen LogP contribution in [-0.2, 0) is 0 Å². The van der Waals surface area contributed by atoms with Gasteiger partial charge < -0.3 is 19.4 Å². The van der Waals surface area contributed by atoms with Crippen LogP contribution < -0.4 is 14.6 Å². The van der Waals surface area contributed by atoms with Crippen LogP contribution >= 0.6 is 11.3 Å². The zero-order valence-electron chi connectivity index (χ0n) is 12.1. The van der Waals surface area contributed by atoms with Crippen molar-refractivity contribution in [1.29, 1.82) is 0 Å². The summed E-state index contributed by atoms with van der Waals surface area (Å²) in [6, 6.07) is 5.45. The summed E-state index contributed by atoms with van der Waals surface area (Å²) in [6.07, 6.45) is 0. The van der Waals surface area contributed by atoms with Gasteiger partial charge in [0, 0.05) is 5.56 Å². The van der Waals surface area contributed by atoms with Crippen molar-refractivity contribution in [3.8, 4) is 22.1 Å². The molecular formula is C15H16NO4S-. The predicted molar refractivity (Wildman–Crippen MR) is 79.0 cm³/mol. The Balaban J connectivity index is 2.42. The highest BCUT2D eigenvalue weighted by atomic mass is 32.1. The van der Waals surface area contributed by atoms with Gasteiger partial charge in [-0.1, -0.05) is 0 Å². The molecule has 1 aromatic heterocycles. The third-order valence-electron chi connectivity index (χ3n) is 2.77. The number of rotatable bonds is 6. The molecule has 0 spiro atoms. The second-order valence-corrected chi connectivity index (χ2v) is 5.25. The van der Waals surface area contributed by atoms with Crippen molar-refractivity contribution in [2.24, 2.45) is 0 Å². The Labute approximate surface area is 127 Å². The van der Waals surface area contributed by atoms with E-state index in [0.29, 0.717) is 35.4 Å². The maximum atomic E-state index is 11.0. The third-order valence-corrected chi connectivity index (χ3v) is 3.96. The number of nitrogens with zero attached hydrogens (tertiary/aromatic N) is 1. The molecular weight excluding hydrogens is 290 g/mol. The maximum Gasteiger partial charge on any atom is 0.161 e. The average molecular weight is 306 g/mol. The second kappa shape index (κ2) is 6.58. The first-order chi connectivity index (χ1) is 10.1. The maximum absolute atomic E-state index is 11.0. The quantitative estimate of drug-likeness (QED) is 0.818. The van der Waals surface area contributed by atoms with Crippen molar-refractivity contribution in [3.63, 3.8) is 0 Å². The first-order valence-corrected chi connectivity index (χ1v) is 7.47. The summed E-state index contributed by atoms with van der Waals surface area (Å²) in [5.41, 5.74) is 1.25. The minimum absolute atomic E-state index is 0.150. The van der Waals surface area contributed by atoms with E-state index in [0.717, 1.165) is 16.9 Å². The van der Waals surface area contributed by atoms with Gasteiger partial charge in [0.25, 0.3) is 0 Å². The van der Waals surface area contributed by atoms with E-state index in [2.05, 4.69) is 4.98 Å². The Morgan fingerprint density at radius 3 is 2.48 bits per heavy atom. The molecule has 0 aliphatic heterocycles. The number of aryl methyl sites for hydroxylation is 1. The van der Waals surface area contributed by atoms with Crippen LogP contribution in [0.3, 0.4) is 0 Å². The number of benzene rings is 1. The summed E-state index contributed by atoms with van der Waals surface area (Å²) in [4.78, 5) is 15.4. The van der Waals surface area contributed by atoms with Crippen LogP contribution in [0.2, 0.25) is 0 Å². The molecule has 112 valence electrons. The molecule has 21 heavy (non-hydrogen) atoms. The molecule has 0 unspecified atom stereocenters. The number of carbonyl (C=O) groups is 1. The Bertz CT molecular complexity index is 651. The van der Waals surface area contributed by atoms with Crippen molar-refractivity contribution in [3.05, 3.63) is 28.8 Å². The van der Waals surface area contributed by atoms with Gasteiger partial charge in [0.1, 0.15) is 5.01 Å². The van der Waals surface area contributed by atoms with Gasteiger partial charge >= 0.3 is 0 Å². The van der Waals surface area contributed by atoms with Crippen molar-refractivity contribution in [1.82, 2.24) is 4.98 Å². The van der Waals surface area contributed by atoms with Gasteiger partial charge in [0.2, 0.25) is 0 Å². The molecule has 1 aromatic carbocycles. The van der Waals surface area contributed by atoms with E-state index in [-0.39, 0.29) is 4.88 Å². The molecule has 0 fully saturated rings. The molecule has 0 N–H and O–H groups in total. The van der Waals surface area contributed by atoms with Gasteiger partial charge in [-0.25, -0.2) is 4.98 Å². The van der Waals surface area contributed by atoms with Crippen LogP contribution in [-0.4, -0.2) is 24.2 Å². The van der Waals surface area contributed by atoms with E-state index >= 15 is 0 Å². The molecule has 2 rings (SSSR count). The van der Waals surface area contributed by atoms with Gasteiger partial charge in [-0.3, -0.25) is 0 Å². The number of ether oxygens (including phenoxy) is 2. The highest BCUT2D eigenvalue weighted by Crippen LogP contribution is 2.35. The molecule has 0 saturated heterocycles. The molecule has 0 radical (unpaired) electrons. The van der Waals surface area contributed by atoms with Gasteiger partial charge in [0.15, 0.2) is 11.5 Å². The van der Waals surface area contributed by atoms with Crippen LogP contribution in [0.5, 0.6) is 11.5 Å². The molecule has 1 heterocycles. The fraction of sp³-hybridized carbons (Fsp3) is 0.333. The monoisotopic (exact) mass is 306 g/mol. The Morgan fingerprint density at radius 1 is 1.24 bits per heavy atom. The van der Waals surface area contributed by atoms with E-state index in [9.17, 15) is 9.90 Å². The molecule has 0 saturated carbocycles. The molecule has 0 atom stereocenters. The average Bonchev–Trinajstić information content (AvgIpc) is 2.83. The number of hydrogen-bond acceptors (Lipinski definition) is 6. The first kappa shape index (κ1) is 15.3. The van der Waals surface area contributed by atoms with Gasteiger partial charge in [-0.05, 0) is 39.0 Å². The Kier molecular flexibility index (Phi) is 4.80. The highest BCUT2D eigenvalue weighted by molar-refractivity contribution is 7.17. The smallest absolute Gasteiger partial charge is 0.161 e. The van der Waals surface area contributed by atoms with Crippen molar-refractivity contribution in [2.75, 3.05) is 13.2 Å². The minimum Gasteiger partial charge on any atom is -0.544 e. The number of carbonyl (C=O) groups excluding carboxylic acids is 1. The number of carboxylic acids is 1. The topological polar surface area (TPSA) is 71.5 Å². The normalized spacial score (nSPS) is 10.4. The van der Waals surface area contributed by atoms with Crippen LogP contribution in [0.4, 0.5) is 0 Å². The molecule has 0 amide bonds. The summed E-state index contributed by atoms with van der Waals surface area (Å²) in [5, 5.41) is 11.6. The van der Waals surface area contributed by atoms with Gasteiger partial charge in [0.05, 0.1) is 29.8 Å². The van der Waals surface area contributed by atoms with Crippen LogP contribution in [0.15, 0.2) is 18.2 Å². The van der Waals surface area contributed by atoms with Crippen molar-refractivity contribution in [2.45, 2.75) is 20.8 Å². The molecule has 2 aromatic rings. The van der Waals surface area contributed by atoms with E-state index < -0.39 is 5.97 Å². The number of thiazole rings is 1. The number of aromatic carboxylic acids is 1. The fourth-order valence-electron chi connectivity index (χ4n) is 1.89. The standard InChI is InChI=1S/C15H17NO4S/c1-4-19-11-7-6-10(8-12(11)20-5-2)14-16-9(3)13(21-14)15(17)18/h6-8H,4-5H2,1-3H3,(H,17,18)/p-1. The van der Waals surface area contributed by atoms with Crippen LogP contribution in [0, 0.1) is 6.92 Å². The molecule has 0 bridgehead atoms. The fourth-order valence-corrected chi connectivity index (χ4v) is 2.79. The lowest BCUT2D eigenvalue weighted by molar-refractivity contribution is -0.254. The number of hydrogen-bond donors (Lipinski definition) is 0. The molecule has 5 nitrogen and oxygen atoms in total. The second-order valence-electron chi connectivity index (χ2n) is 4.25. The van der Waals surface area contributed by atoms with Crippen LogP contribution in [0.1, 0.15) is 29.2 Å². The Morgan fingerprint density at radius 2 is 1.90 bits per heavy atom. The third kappa shape index (κ3) is 3.33. The van der Waals surface area contributed by atoms with E-state index in [1.165, 1.54) is 0 Å². The summed E-state index contributed by atoms with van der Waals surface area (Å²) in [6.45, 7) is 6.52. The number of carboxylic acid groups (broad SMARTS) is 1. The van der Waals surface area contributed by atoms with Gasteiger partial charge in [-0.15, -0.1) is 11.3 Å². The molecule has 6 heteroatoms. The highest BCUT2D eigenvalue weighted by Gasteiger charge is 2.13. The lowest BCUT2D eigenvalue weighted by Crippen LogP contribution is -2.21. The molecule has 0 aliphatic carbocycles. The zero-order valence-corrected chi connectivity index (χ0v) is 13.0. The SMILES string of the molecule is CCOc1ccc(-c2nc(C)c(C(=O)[O-])s2)cc1OCC. The van der Waals surface area contributed by atoms with Crippen molar-refractivity contribution >= 4 is 17.3 Å². The summed E-state index contributed by atoms with van der Waals surface area (Å²) in [5.74, 6) is 0.0865. The van der Waals surface area contributed by atoms with E-state index in [1.54, 1.807) is 13.0 Å². The molecule has 0 aliphatic rings. The summed E-state index contributed by atoms with van der Waals surface area (Å²) in [7, 11) is 0. The summed E-state index contributed by atoms with van der Waals surface area (Å²) < 4.78 is 11.1. The number of aromatic nitrogens is 1. The summed E-state index contributed by atoms with van der Waals surface area (Å²) >= 11 is 1.10. The minimum atomic E-state index is -1.20.